The summed E-state index contributed by atoms with van der Waals surface area (Å²) in [5, 5.41) is 0. The van der Waals surface area contributed by atoms with Crippen LogP contribution in [0.25, 0.3) is 0 Å². The average molecular weight is 284 g/mol. The molecule has 0 heterocycles. The zero-order valence-electron chi connectivity index (χ0n) is 11.4. The first kappa shape index (κ1) is 16.1. The highest BCUT2D eigenvalue weighted by Gasteiger charge is 2.27. The molecule has 0 aliphatic carbocycles. The van der Waals surface area contributed by atoms with Gasteiger partial charge in [0.1, 0.15) is 0 Å². The summed E-state index contributed by atoms with van der Waals surface area (Å²) in [5.41, 5.74) is -0.0280. The monoisotopic (exact) mass is 284 g/mol. The summed E-state index contributed by atoms with van der Waals surface area (Å²) >= 11 is 0. The number of hydrogen-bond acceptors (Lipinski definition) is 2. The molecule has 0 unspecified atom stereocenters. The molecule has 0 N–H and O–H groups in total. The Kier molecular flexibility index (Phi) is 4.53. The minimum atomic E-state index is -4.70. The second-order valence-electron chi connectivity index (χ2n) is 5.42. The smallest absolute Gasteiger partial charge is 0.298 e. The molecule has 0 aliphatic rings. The molecule has 1 aromatic carbocycles. The van der Waals surface area contributed by atoms with Crippen LogP contribution in [0.2, 0.25) is 0 Å². The van der Waals surface area contributed by atoms with E-state index in [1.807, 2.05) is 20.8 Å². The van der Waals surface area contributed by atoms with E-state index in [1.54, 1.807) is 12.1 Å². The normalized spacial score (nSPS) is 13.2. The molecule has 0 saturated carbocycles. The number of carbonyl (C=O) groups excluding carboxylic acids is 2. The van der Waals surface area contributed by atoms with Crippen LogP contribution in [0.4, 0.5) is 13.2 Å². The molecular formula is C15H15F3O2. The van der Waals surface area contributed by atoms with Crippen molar-refractivity contribution in [3.05, 3.63) is 47.0 Å². The molecule has 0 radical (unpaired) electrons. The summed E-state index contributed by atoms with van der Waals surface area (Å²) in [6.45, 7) is 5.93. The Morgan fingerprint density at radius 3 is 1.90 bits per heavy atom. The molecule has 0 aliphatic heterocycles. The van der Waals surface area contributed by atoms with Crippen LogP contribution in [0.15, 0.2) is 35.9 Å². The highest BCUT2D eigenvalue weighted by Crippen LogP contribution is 2.24. The molecule has 0 saturated heterocycles. The minimum Gasteiger partial charge on any atom is -0.298 e. The van der Waals surface area contributed by atoms with Crippen molar-refractivity contribution >= 4 is 12.1 Å². The number of alkyl halides is 3. The van der Waals surface area contributed by atoms with Crippen LogP contribution in [-0.2, 0) is 10.2 Å². The number of aldehydes is 1. The molecule has 5 heteroatoms. The summed E-state index contributed by atoms with van der Waals surface area (Å²) in [7, 11) is 0. The van der Waals surface area contributed by atoms with Crippen molar-refractivity contribution < 1.29 is 22.8 Å². The fraction of sp³-hybridized carbons (Fsp3) is 0.333. The lowest BCUT2D eigenvalue weighted by atomic mass is 9.86. The molecule has 0 aromatic heterocycles. The SMILES string of the molecule is CC(C)(C)c1ccc(C(=O)C(C=O)=CC(F)(F)F)cc1. The molecule has 2 nitrogen and oxygen atoms in total. The van der Waals surface area contributed by atoms with E-state index in [2.05, 4.69) is 0 Å². The number of halogens is 3. The van der Waals surface area contributed by atoms with Gasteiger partial charge in [0, 0.05) is 11.6 Å². The number of benzene rings is 1. The van der Waals surface area contributed by atoms with Crippen molar-refractivity contribution in [3.8, 4) is 0 Å². The first-order valence-electron chi connectivity index (χ1n) is 5.94. The average Bonchev–Trinajstić information content (AvgIpc) is 2.33. The number of allylic oxidation sites excluding steroid dienone is 2. The van der Waals surface area contributed by atoms with Gasteiger partial charge in [0.15, 0.2) is 12.1 Å². The van der Waals surface area contributed by atoms with Crippen molar-refractivity contribution in [1.29, 1.82) is 0 Å². The quantitative estimate of drug-likeness (QED) is 0.278. The predicted molar refractivity (Wildman–Crippen MR) is 69.7 cm³/mol. The van der Waals surface area contributed by atoms with Crippen molar-refractivity contribution in [2.24, 2.45) is 0 Å². The van der Waals surface area contributed by atoms with Crippen LogP contribution in [-0.4, -0.2) is 18.2 Å². The summed E-state index contributed by atoms with van der Waals surface area (Å²) in [6.07, 6.45) is -5.05. The van der Waals surface area contributed by atoms with Crippen LogP contribution in [0, 0.1) is 0 Å². The summed E-state index contributed by atoms with van der Waals surface area (Å²) in [4.78, 5) is 22.4. The lowest BCUT2D eigenvalue weighted by Gasteiger charge is -2.19. The summed E-state index contributed by atoms with van der Waals surface area (Å²) in [5.74, 6) is -0.933. The largest absolute Gasteiger partial charge is 0.410 e. The van der Waals surface area contributed by atoms with Gasteiger partial charge in [-0.1, -0.05) is 45.0 Å². The molecule has 1 rings (SSSR count). The Hall–Kier alpha value is -1.91. The van der Waals surface area contributed by atoms with Gasteiger partial charge < -0.3 is 0 Å². The lowest BCUT2D eigenvalue weighted by Crippen LogP contribution is -2.13. The van der Waals surface area contributed by atoms with Crippen LogP contribution in [0.3, 0.4) is 0 Å². The number of hydrogen-bond donors (Lipinski definition) is 0. The van der Waals surface area contributed by atoms with E-state index in [-0.39, 0.29) is 23.3 Å². The van der Waals surface area contributed by atoms with Crippen LogP contribution < -0.4 is 0 Å². The predicted octanol–water partition coefficient (Wildman–Crippen LogP) is 3.85. The second-order valence-corrected chi connectivity index (χ2v) is 5.42. The Morgan fingerprint density at radius 2 is 1.55 bits per heavy atom. The lowest BCUT2D eigenvalue weighted by molar-refractivity contribution is -0.105. The van der Waals surface area contributed by atoms with Gasteiger partial charge in [-0.2, -0.15) is 13.2 Å². The number of rotatable bonds is 3. The number of Topliss-reactive ketones (excluding diaryl/α,β-unsaturated/α-hetero) is 1. The minimum absolute atomic E-state index is 0.0561. The molecule has 0 fully saturated rings. The topological polar surface area (TPSA) is 34.1 Å². The molecule has 0 spiro atoms. The van der Waals surface area contributed by atoms with E-state index < -0.39 is 17.5 Å². The van der Waals surface area contributed by atoms with Gasteiger partial charge in [-0.15, -0.1) is 0 Å². The highest BCUT2D eigenvalue weighted by molar-refractivity contribution is 6.20. The molecule has 0 amide bonds. The van der Waals surface area contributed by atoms with E-state index >= 15 is 0 Å². The van der Waals surface area contributed by atoms with Gasteiger partial charge in [-0.3, -0.25) is 9.59 Å². The van der Waals surface area contributed by atoms with E-state index in [4.69, 9.17) is 0 Å². The molecular weight excluding hydrogens is 269 g/mol. The van der Waals surface area contributed by atoms with Gasteiger partial charge in [0.25, 0.3) is 0 Å². The highest BCUT2D eigenvalue weighted by atomic mass is 19.4. The molecule has 1 aromatic rings. The Morgan fingerprint density at radius 1 is 1.05 bits per heavy atom. The number of carbonyl (C=O) groups is 2. The third-order valence-corrected chi connectivity index (χ3v) is 2.72. The zero-order valence-corrected chi connectivity index (χ0v) is 11.4. The zero-order chi connectivity index (χ0) is 15.6. The van der Waals surface area contributed by atoms with Crippen molar-refractivity contribution in [2.45, 2.75) is 32.4 Å². The standard InChI is InChI=1S/C15H15F3O2/c1-14(2,3)12-6-4-10(5-7-12)13(20)11(9-19)8-15(16,17)18/h4-9H,1-3H3. The first-order valence-corrected chi connectivity index (χ1v) is 5.94. The summed E-state index contributed by atoms with van der Waals surface area (Å²) < 4.78 is 36.6. The first-order chi connectivity index (χ1) is 9.04. The Bertz CT molecular complexity index is 532. The van der Waals surface area contributed by atoms with E-state index in [1.165, 1.54) is 12.1 Å². The van der Waals surface area contributed by atoms with Crippen LogP contribution >= 0.6 is 0 Å². The summed E-state index contributed by atoms with van der Waals surface area (Å²) in [6, 6.07) is 6.19. The number of ketones is 1. The van der Waals surface area contributed by atoms with E-state index in [0.717, 1.165) is 5.56 Å². The van der Waals surface area contributed by atoms with Crippen molar-refractivity contribution in [1.82, 2.24) is 0 Å². The van der Waals surface area contributed by atoms with Crippen LogP contribution in [0.5, 0.6) is 0 Å². The van der Waals surface area contributed by atoms with Gasteiger partial charge in [0.2, 0.25) is 0 Å². The van der Waals surface area contributed by atoms with Gasteiger partial charge >= 0.3 is 6.18 Å². The third-order valence-electron chi connectivity index (χ3n) is 2.72. The Balaban J connectivity index is 3.09. The molecule has 20 heavy (non-hydrogen) atoms. The molecule has 108 valence electrons. The van der Waals surface area contributed by atoms with E-state index in [0.29, 0.717) is 0 Å². The van der Waals surface area contributed by atoms with Crippen LogP contribution in [0.1, 0.15) is 36.7 Å². The maximum absolute atomic E-state index is 12.2. The molecule has 0 bridgehead atoms. The second kappa shape index (κ2) is 5.61. The van der Waals surface area contributed by atoms with E-state index in [9.17, 15) is 22.8 Å². The van der Waals surface area contributed by atoms with Crippen molar-refractivity contribution in [3.63, 3.8) is 0 Å². The van der Waals surface area contributed by atoms with Gasteiger partial charge in [-0.05, 0) is 11.0 Å². The fourth-order valence-electron chi connectivity index (χ4n) is 1.62. The maximum atomic E-state index is 12.2. The van der Waals surface area contributed by atoms with Crippen molar-refractivity contribution in [2.75, 3.05) is 0 Å². The molecule has 0 atom stereocenters. The van der Waals surface area contributed by atoms with Gasteiger partial charge in [0.05, 0.1) is 5.57 Å². The fourth-order valence-corrected chi connectivity index (χ4v) is 1.62. The van der Waals surface area contributed by atoms with Gasteiger partial charge in [-0.25, -0.2) is 0 Å². The Labute approximate surface area is 115 Å². The maximum Gasteiger partial charge on any atom is 0.410 e. The third kappa shape index (κ3) is 4.33.